The molecule has 2 aromatic rings. The van der Waals surface area contributed by atoms with Gasteiger partial charge in [-0.25, -0.2) is 0 Å². The van der Waals surface area contributed by atoms with Crippen molar-refractivity contribution in [2.24, 2.45) is 0 Å². The fraction of sp³-hybridized carbons (Fsp3) is 0.500. The van der Waals surface area contributed by atoms with Gasteiger partial charge in [0.15, 0.2) is 5.82 Å². The largest absolute Gasteiger partial charge is 0.350 e. The monoisotopic (exact) mass is 327 g/mol. The molecule has 0 aliphatic carbocycles. The molecule has 1 atom stereocenters. The first-order chi connectivity index (χ1) is 11.5. The average molecular weight is 327 g/mol. The molecule has 6 heteroatoms. The quantitative estimate of drug-likeness (QED) is 0.908. The smallest absolute Gasteiger partial charge is 0.234 e. The van der Waals surface area contributed by atoms with Gasteiger partial charge in [0.1, 0.15) is 5.82 Å². The molecular weight excluding hydrogens is 302 g/mol. The van der Waals surface area contributed by atoms with Crippen molar-refractivity contribution < 1.29 is 4.79 Å². The number of nitrogens with zero attached hydrogens (tertiary/aromatic N) is 4. The topological polar surface area (TPSA) is 63.1 Å². The number of carbonyl (C=O) groups excluding carboxylic acids is 1. The summed E-state index contributed by atoms with van der Waals surface area (Å²) in [6.45, 7) is 5.32. The maximum Gasteiger partial charge on any atom is 0.234 e. The van der Waals surface area contributed by atoms with Crippen LogP contribution >= 0.6 is 0 Å². The van der Waals surface area contributed by atoms with Crippen LogP contribution in [0.4, 0.5) is 0 Å². The third-order valence-electron chi connectivity index (χ3n) is 4.62. The first-order valence-electron chi connectivity index (χ1n) is 8.51. The Bertz CT molecular complexity index is 695. The van der Waals surface area contributed by atoms with E-state index in [4.69, 9.17) is 0 Å². The van der Waals surface area contributed by atoms with Crippen molar-refractivity contribution in [3.63, 3.8) is 0 Å². The summed E-state index contributed by atoms with van der Waals surface area (Å²) < 4.78 is 2.13. The zero-order chi connectivity index (χ0) is 17.1. The van der Waals surface area contributed by atoms with Crippen molar-refractivity contribution >= 4 is 5.91 Å². The summed E-state index contributed by atoms with van der Waals surface area (Å²) >= 11 is 0. The molecule has 0 saturated heterocycles. The number of benzene rings is 1. The summed E-state index contributed by atoms with van der Waals surface area (Å²) in [6, 6.07) is 10.6. The first-order valence-corrected chi connectivity index (χ1v) is 8.51. The molecule has 0 bridgehead atoms. The highest BCUT2D eigenvalue weighted by molar-refractivity contribution is 5.78. The molecule has 1 aromatic heterocycles. The van der Waals surface area contributed by atoms with E-state index in [0.29, 0.717) is 12.6 Å². The van der Waals surface area contributed by atoms with E-state index >= 15 is 0 Å². The van der Waals surface area contributed by atoms with Crippen LogP contribution in [-0.2, 0) is 17.8 Å². The van der Waals surface area contributed by atoms with Gasteiger partial charge in [0.2, 0.25) is 5.91 Å². The van der Waals surface area contributed by atoms with E-state index in [1.807, 2.05) is 42.3 Å². The summed E-state index contributed by atoms with van der Waals surface area (Å²) in [7, 11) is 1.97. The van der Waals surface area contributed by atoms with Crippen LogP contribution in [0.5, 0.6) is 0 Å². The van der Waals surface area contributed by atoms with Crippen molar-refractivity contribution in [1.82, 2.24) is 25.0 Å². The second-order valence-electron chi connectivity index (χ2n) is 6.73. The SMILES string of the molecule is CC(C)N(C)CC(=O)N[C@H]1CCc2nnc(-c3ccccc3)n2C1. The van der Waals surface area contributed by atoms with Gasteiger partial charge in [-0.15, -0.1) is 10.2 Å². The zero-order valence-electron chi connectivity index (χ0n) is 14.6. The molecule has 1 aliphatic rings. The minimum absolute atomic E-state index is 0.0778. The Morgan fingerprint density at radius 1 is 1.33 bits per heavy atom. The molecule has 1 N–H and O–H groups in total. The van der Waals surface area contributed by atoms with E-state index < -0.39 is 0 Å². The van der Waals surface area contributed by atoms with Gasteiger partial charge in [-0.2, -0.15) is 0 Å². The summed E-state index contributed by atoms with van der Waals surface area (Å²) in [5.74, 6) is 1.96. The van der Waals surface area contributed by atoms with E-state index in [9.17, 15) is 4.79 Å². The number of aryl methyl sites for hydroxylation is 1. The van der Waals surface area contributed by atoms with Crippen molar-refractivity contribution in [3.05, 3.63) is 36.2 Å². The van der Waals surface area contributed by atoms with Gasteiger partial charge >= 0.3 is 0 Å². The summed E-state index contributed by atoms with van der Waals surface area (Å²) in [6.07, 6.45) is 1.74. The summed E-state index contributed by atoms with van der Waals surface area (Å²) in [5.41, 5.74) is 1.06. The third-order valence-corrected chi connectivity index (χ3v) is 4.62. The lowest BCUT2D eigenvalue weighted by Gasteiger charge is -2.27. The minimum Gasteiger partial charge on any atom is -0.350 e. The minimum atomic E-state index is 0.0778. The Kier molecular flexibility index (Phi) is 4.94. The lowest BCUT2D eigenvalue weighted by Crippen LogP contribution is -2.46. The molecule has 3 rings (SSSR count). The fourth-order valence-corrected chi connectivity index (χ4v) is 2.93. The lowest BCUT2D eigenvalue weighted by atomic mass is 10.1. The van der Waals surface area contributed by atoms with E-state index in [1.54, 1.807) is 0 Å². The van der Waals surface area contributed by atoms with Crippen LogP contribution in [0.2, 0.25) is 0 Å². The van der Waals surface area contributed by atoms with Gasteiger partial charge in [-0.3, -0.25) is 9.69 Å². The number of fused-ring (bicyclic) bond motifs is 1. The predicted octanol–water partition coefficient (Wildman–Crippen LogP) is 1.72. The van der Waals surface area contributed by atoms with Crippen LogP contribution in [0.1, 0.15) is 26.1 Å². The highest BCUT2D eigenvalue weighted by Crippen LogP contribution is 2.22. The number of hydrogen-bond donors (Lipinski definition) is 1. The maximum atomic E-state index is 12.2. The van der Waals surface area contributed by atoms with E-state index in [2.05, 4.69) is 33.9 Å². The molecule has 0 fully saturated rings. The second-order valence-corrected chi connectivity index (χ2v) is 6.73. The van der Waals surface area contributed by atoms with Gasteiger partial charge in [0.05, 0.1) is 6.54 Å². The van der Waals surface area contributed by atoms with E-state index in [-0.39, 0.29) is 11.9 Å². The number of likely N-dealkylation sites (N-methyl/N-ethyl adjacent to an activating group) is 1. The standard InChI is InChI=1S/C18H25N5O/c1-13(2)22(3)12-17(24)19-15-9-10-16-20-21-18(23(16)11-15)14-7-5-4-6-8-14/h4-8,13,15H,9-12H2,1-3H3,(H,19,24)/t15-/m0/s1. The molecule has 0 unspecified atom stereocenters. The Morgan fingerprint density at radius 3 is 2.79 bits per heavy atom. The van der Waals surface area contributed by atoms with E-state index in [1.165, 1.54) is 0 Å². The van der Waals surface area contributed by atoms with Crippen molar-refractivity contribution in [3.8, 4) is 11.4 Å². The first kappa shape index (κ1) is 16.6. The highest BCUT2D eigenvalue weighted by atomic mass is 16.2. The molecule has 6 nitrogen and oxygen atoms in total. The number of nitrogens with one attached hydrogen (secondary N) is 1. The number of rotatable bonds is 5. The van der Waals surface area contributed by atoms with Gasteiger partial charge in [0, 0.05) is 30.6 Å². The van der Waals surface area contributed by atoms with Crippen LogP contribution in [0.3, 0.4) is 0 Å². The molecule has 1 aliphatic heterocycles. The van der Waals surface area contributed by atoms with Crippen LogP contribution < -0.4 is 5.32 Å². The number of hydrogen-bond acceptors (Lipinski definition) is 4. The fourth-order valence-electron chi connectivity index (χ4n) is 2.93. The van der Waals surface area contributed by atoms with Crippen molar-refractivity contribution in [2.75, 3.05) is 13.6 Å². The molecular formula is C18H25N5O. The average Bonchev–Trinajstić information content (AvgIpc) is 2.98. The molecule has 24 heavy (non-hydrogen) atoms. The normalized spacial score (nSPS) is 17.1. The molecule has 2 heterocycles. The van der Waals surface area contributed by atoms with Gasteiger partial charge in [-0.1, -0.05) is 30.3 Å². The number of carbonyl (C=O) groups is 1. The van der Waals surface area contributed by atoms with Crippen LogP contribution in [0.25, 0.3) is 11.4 Å². The Balaban J connectivity index is 1.68. The molecule has 1 amide bonds. The van der Waals surface area contributed by atoms with Crippen molar-refractivity contribution in [2.45, 2.75) is 45.3 Å². The predicted molar refractivity (Wildman–Crippen MR) is 93.5 cm³/mol. The summed E-state index contributed by atoms with van der Waals surface area (Å²) in [4.78, 5) is 14.3. The summed E-state index contributed by atoms with van der Waals surface area (Å²) in [5, 5.41) is 11.8. The molecule has 128 valence electrons. The van der Waals surface area contributed by atoms with Gasteiger partial charge in [-0.05, 0) is 27.3 Å². The van der Waals surface area contributed by atoms with E-state index in [0.717, 1.165) is 36.6 Å². The van der Waals surface area contributed by atoms with Crippen LogP contribution in [0, 0.1) is 0 Å². The lowest BCUT2D eigenvalue weighted by molar-refractivity contribution is -0.123. The maximum absolute atomic E-state index is 12.2. The zero-order valence-corrected chi connectivity index (χ0v) is 14.6. The van der Waals surface area contributed by atoms with Crippen LogP contribution in [0.15, 0.2) is 30.3 Å². The van der Waals surface area contributed by atoms with Gasteiger partial charge < -0.3 is 9.88 Å². The van der Waals surface area contributed by atoms with Crippen molar-refractivity contribution in [1.29, 1.82) is 0 Å². The molecule has 0 saturated carbocycles. The Morgan fingerprint density at radius 2 is 2.08 bits per heavy atom. The Labute approximate surface area is 142 Å². The Hall–Kier alpha value is -2.21. The second kappa shape index (κ2) is 7.13. The number of amides is 1. The molecule has 0 spiro atoms. The third kappa shape index (κ3) is 3.64. The van der Waals surface area contributed by atoms with Crippen LogP contribution in [-0.4, -0.2) is 51.2 Å². The number of aromatic nitrogens is 3. The molecule has 1 aromatic carbocycles. The highest BCUT2D eigenvalue weighted by Gasteiger charge is 2.24. The molecule has 0 radical (unpaired) electrons. The van der Waals surface area contributed by atoms with Gasteiger partial charge in [0.25, 0.3) is 0 Å².